The number of aliphatic carboxylic acids is 1. The Morgan fingerprint density at radius 3 is 2.50 bits per heavy atom. The Morgan fingerprint density at radius 1 is 1.21 bits per heavy atom. The summed E-state index contributed by atoms with van der Waals surface area (Å²) in [5.74, 6) is -1.51. The van der Waals surface area contributed by atoms with Gasteiger partial charge in [0.1, 0.15) is 11.6 Å². The molecule has 0 atom stereocenters. The first-order valence-corrected chi connectivity index (χ1v) is 11.9. The van der Waals surface area contributed by atoms with Crippen LogP contribution >= 0.6 is 0 Å². The molecule has 0 aliphatic rings. The van der Waals surface area contributed by atoms with Gasteiger partial charge in [0.2, 0.25) is 16.6 Å². The Labute approximate surface area is 197 Å². The molecule has 0 spiro atoms. The molecule has 34 heavy (non-hydrogen) atoms. The normalized spacial score (nSPS) is 11.4. The Balaban J connectivity index is 2.02. The van der Waals surface area contributed by atoms with Crippen molar-refractivity contribution >= 4 is 33.9 Å². The summed E-state index contributed by atoms with van der Waals surface area (Å²) in [5.41, 5.74) is 2.16. The van der Waals surface area contributed by atoms with E-state index in [2.05, 4.69) is 10.3 Å². The smallest absolute Gasteiger partial charge is 0.303 e. The van der Waals surface area contributed by atoms with Gasteiger partial charge in [-0.3, -0.25) is 9.59 Å². The maximum absolute atomic E-state index is 13.4. The molecule has 1 amide bonds. The van der Waals surface area contributed by atoms with E-state index in [1.807, 2.05) is 6.92 Å². The molecule has 0 fully saturated rings. The van der Waals surface area contributed by atoms with Gasteiger partial charge in [0.05, 0.1) is 23.2 Å². The van der Waals surface area contributed by atoms with Crippen molar-refractivity contribution in [1.29, 1.82) is 0 Å². The molecule has 0 unspecified atom stereocenters. The van der Waals surface area contributed by atoms with E-state index in [1.54, 1.807) is 6.07 Å². The summed E-state index contributed by atoms with van der Waals surface area (Å²) in [6.45, 7) is 2.05. The van der Waals surface area contributed by atoms with Crippen LogP contribution in [-0.2, 0) is 28.7 Å². The zero-order valence-electron chi connectivity index (χ0n) is 18.8. The summed E-state index contributed by atoms with van der Waals surface area (Å²) in [4.78, 5) is 27.9. The van der Waals surface area contributed by atoms with Crippen LogP contribution in [0, 0.1) is 5.82 Å². The van der Waals surface area contributed by atoms with Gasteiger partial charge in [-0.2, -0.15) is 4.31 Å². The number of amides is 1. The second-order valence-electron chi connectivity index (χ2n) is 7.67. The number of nitrogens with zero attached hydrogens (tertiary/aromatic N) is 2. The fourth-order valence-corrected chi connectivity index (χ4v) is 4.21. The van der Waals surface area contributed by atoms with Gasteiger partial charge in [0, 0.05) is 25.6 Å². The quantitative estimate of drug-likeness (QED) is 0.278. The zero-order chi connectivity index (χ0) is 24.8. The second-order valence-corrected chi connectivity index (χ2v) is 8.71. The number of thiol groups is 1. The molecule has 2 heterocycles. The van der Waals surface area contributed by atoms with Crippen LogP contribution in [0.2, 0.25) is 0 Å². The van der Waals surface area contributed by atoms with Crippen molar-refractivity contribution in [2.24, 2.45) is 0 Å². The summed E-state index contributed by atoms with van der Waals surface area (Å²) in [5, 5.41) is 11.8. The van der Waals surface area contributed by atoms with Crippen molar-refractivity contribution in [2.45, 2.75) is 39.2 Å². The fraction of sp³-hybridized carbons (Fsp3) is 0.348. The van der Waals surface area contributed by atoms with Gasteiger partial charge >= 0.3 is 5.97 Å². The highest BCUT2D eigenvalue weighted by molar-refractivity contribution is 7.69. The van der Waals surface area contributed by atoms with Crippen LogP contribution in [0.3, 0.4) is 0 Å². The average Bonchev–Trinajstić information content (AvgIpc) is 3.18. The number of benzene rings is 1. The largest absolute Gasteiger partial charge is 0.481 e. The molecule has 0 aliphatic carbocycles. The maximum atomic E-state index is 13.4. The molecule has 182 valence electrons. The summed E-state index contributed by atoms with van der Waals surface area (Å²) in [6, 6.07) is 7.29. The van der Waals surface area contributed by atoms with Gasteiger partial charge in [0.15, 0.2) is 0 Å². The van der Waals surface area contributed by atoms with E-state index >= 15 is 0 Å². The van der Waals surface area contributed by atoms with Crippen LogP contribution in [-0.4, -0.2) is 48.3 Å². The standard InChI is InChI=1S/C23H26FN3O6S/c1-3-14-12-17-20(22(30)25-2)21(15-7-9-16(24)10-8-15)33-23(17)26-18(14)13-27(34(31)32)11-5-4-6-19(28)29/h7-10,12,34H,3-6,11,13H2,1-2H3,(H,25,30)(H,28,29). The number of hydrogen-bond donors (Lipinski definition) is 3. The van der Waals surface area contributed by atoms with Gasteiger partial charge < -0.3 is 14.8 Å². The minimum absolute atomic E-state index is 0.00717. The number of pyridine rings is 1. The van der Waals surface area contributed by atoms with Gasteiger partial charge in [-0.15, -0.1) is 0 Å². The van der Waals surface area contributed by atoms with Crippen molar-refractivity contribution < 1.29 is 31.9 Å². The topological polar surface area (TPSA) is 130 Å². The second kappa shape index (κ2) is 11.2. The molecule has 0 saturated heterocycles. The first-order chi connectivity index (χ1) is 16.2. The molecule has 2 aromatic heterocycles. The van der Waals surface area contributed by atoms with Crippen LogP contribution < -0.4 is 5.32 Å². The number of nitrogens with one attached hydrogen (secondary N) is 1. The minimum atomic E-state index is -2.92. The molecular formula is C23H26FN3O6S. The predicted octanol–water partition coefficient (Wildman–Crippen LogP) is 3.14. The average molecular weight is 492 g/mol. The highest BCUT2D eigenvalue weighted by Gasteiger charge is 2.24. The van der Waals surface area contributed by atoms with Crippen molar-refractivity contribution in [3.05, 3.63) is 53.0 Å². The Kier molecular flexibility index (Phi) is 8.35. The first kappa shape index (κ1) is 25.3. The molecule has 0 aliphatic heterocycles. The predicted molar refractivity (Wildman–Crippen MR) is 124 cm³/mol. The number of aromatic nitrogens is 1. The van der Waals surface area contributed by atoms with E-state index in [4.69, 9.17) is 9.52 Å². The van der Waals surface area contributed by atoms with Crippen LogP contribution in [0.1, 0.15) is 47.8 Å². The number of aryl methyl sites for hydroxylation is 1. The lowest BCUT2D eigenvalue weighted by Crippen LogP contribution is -2.24. The molecule has 0 saturated carbocycles. The van der Waals surface area contributed by atoms with Gasteiger partial charge in [0.25, 0.3) is 5.91 Å². The summed E-state index contributed by atoms with van der Waals surface area (Å²) < 4.78 is 44.2. The van der Waals surface area contributed by atoms with Crippen LogP contribution in [0.25, 0.3) is 22.4 Å². The number of halogens is 1. The molecule has 0 bridgehead atoms. The van der Waals surface area contributed by atoms with E-state index in [-0.39, 0.29) is 36.5 Å². The molecule has 3 rings (SSSR count). The molecule has 11 heteroatoms. The lowest BCUT2D eigenvalue weighted by atomic mass is 10.0. The van der Waals surface area contributed by atoms with Crippen LogP contribution in [0.15, 0.2) is 34.7 Å². The van der Waals surface area contributed by atoms with Gasteiger partial charge in [-0.1, -0.05) is 6.92 Å². The SMILES string of the molecule is CCc1cc2c(C(=O)NC)c(-c3ccc(F)cc3)oc2nc1CN(CCCCC(=O)O)[SH](=O)=O. The van der Waals surface area contributed by atoms with Gasteiger partial charge in [-0.05, 0) is 55.2 Å². The summed E-state index contributed by atoms with van der Waals surface area (Å²) in [6.07, 6.45) is 1.26. The Morgan fingerprint density at radius 2 is 1.91 bits per heavy atom. The molecule has 3 aromatic rings. The van der Waals surface area contributed by atoms with E-state index in [0.29, 0.717) is 35.9 Å². The molecule has 1 aromatic carbocycles. The van der Waals surface area contributed by atoms with Crippen molar-refractivity contribution in [3.8, 4) is 11.3 Å². The third kappa shape index (κ3) is 5.78. The number of hydrogen-bond acceptors (Lipinski definition) is 6. The number of carbonyl (C=O) groups excluding carboxylic acids is 1. The minimum Gasteiger partial charge on any atom is -0.481 e. The van der Waals surface area contributed by atoms with E-state index in [9.17, 15) is 22.4 Å². The molecule has 0 radical (unpaired) electrons. The van der Waals surface area contributed by atoms with Gasteiger partial charge in [-0.25, -0.2) is 17.8 Å². The monoisotopic (exact) mass is 491 g/mol. The third-order valence-corrected chi connectivity index (χ3v) is 6.22. The number of rotatable bonds is 11. The molecular weight excluding hydrogens is 465 g/mol. The Bertz CT molecular complexity index is 1260. The number of fused-ring (bicyclic) bond motifs is 1. The molecule has 9 nitrogen and oxygen atoms in total. The maximum Gasteiger partial charge on any atom is 0.303 e. The van der Waals surface area contributed by atoms with E-state index in [0.717, 1.165) is 5.56 Å². The first-order valence-electron chi connectivity index (χ1n) is 10.8. The molecule has 2 N–H and O–H groups in total. The highest BCUT2D eigenvalue weighted by atomic mass is 32.2. The number of carboxylic acid groups (broad SMARTS) is 1. The van der Waals surface area contributed by atoms with Crippen molar-refractivity contribution in [2.75, 3.05) is 13.6 Å². The fourth-order valence-electron chi connectivity index (χ4n) is 3.66. The third-order valence-electron chi connectivity index (χ3n) is 5.41. The number of carboxylic acids is 1. The van der Waals surface area contributed by atoms with Crippen molar-refractivity contribution in [3.63, 3.8) is 0 Å². The van der Waals surface area contributed by atoms with Crippen molar-refractivity contribution in [1.82, 2.24) is 14.6 Å². The number of furan rings is 1. The lowest BCUT2D eigenvalue weighted by Gasteiger charge is -2.16. The Hall–Kier alpha value is -3.31. The summed E-state index contributed by atoms with van der Waals surface area (Å²) >= 11 is 0. The van der Waals surface area contributed by atoms with Crippen LogP contribution in [0.4, 0.5) is 4.39 Å². The highest BCUT2D eigenvalue weighted by Crippen LogP contribution is 2.34. The zero-order valence-corrected chi connectivity index (χ0v) is 19.7. The number of carbonyl (C=O) groups is 2. The lowest BCUT2D eigenvalue weighted by molar-refractivity contribution is -0.137. The summed E-state index contributed by atoms with van der Waals surface area (Å²) in [7, 11) is -1.43. The van der Waals surface area contributed by atoms with Crippen LogP contribution in [0.5, 0.6) is 0 Å². The van der Waals surface area contributed by atoms with E-state index in [1.165, 1.54) is 35.6 Å². The number of unbranched alkanes of at least 4 members (excludes halogenated alkanes) is 1. The van der Waals surface area contributed by atoms with E-state index < -0.39 is 28.6 Å².